The number of anilines is 1. The van der Waals surface area contributed by atoms with Crippen LogP contribution in [0.15, 0.2) is 54.7 Å². The molecule has 2 heterocycles. The standard InChI is InChI=1S/C18H23N3O/c1-2-6-17(7-3-1)22-15-12-19-16-9-13-21(14-10-16)18-8-4-5-11-20-18/h1-8,11,16,19H,9-10,12-15H2. The molecule has 4 nitrogen and oxygen atoms in total. The Bertz CT molecular complexity index is 539. The van der Waals surface area contributed by atoms with Gasteiger partial charge in [-0.15, -0.1) is 0 Å². The van der Waals surface area contributed by atoms with E-state index in [9.17, 15) is 0 Å². The van der Waals surface area contributed by atoms with E-state index < -0.39 is 0 Å². The minimum absolute atomic E-state index is 0.583. The van der Waals surface area contributed by atoms with E-state index >= 15 is 0 Å². The predicted octanol–water partition coefficient (Wildman–Crippen LogP) is 2.72. The highest BCUT2D eigenvalue weighted by molar-refractivity contribution is 5.38. The van der Waals surface area contributed by atoms with E-state index in [2.05, 4.69) is 21.3 Å². The number of aromatic nitrogens is 1. The average molecular weight is 297 g/mol. The molecule has 1 saturated heterocycles. The van der Waals surface area contributed by atoms with Crippen molar-refractivity contribution in [1.29, 1.82) is 0 Å². The molecule has 0 radical (unpaired) electrons. The van der Waals surface area contributed by atoms with Gasteiger partial charge < -0.3 is 15.0 Å². The third-order valence-electron chi connectivity index (χ3n) is 4.02. The van der Waals surface area contributed by atoms with Crippen molar-refractivity contribution in [2.45, 2.75) is 18.9 Å². The Hall–Kier alpha value is -2.07. The van der Waals surface area contributed by atoms with Crippen LogP contribution >= 0.6 is 0 Å². The molecule has 0 spiro atoms. The molecular formula is C18H23N3O. The molecule has 3 rings (SSSR count). The molecule has 22 heavy (non-hydrogen) atoms. The maximum Gasteiger partial charge on any atom is 0.128 e. The van der Waals surface area contributed by atoms with Crippen LogP contribution in [0.25, 0.3) is 0 Å². The fourth-order valence-electron chi connectivity index (χ4n) is 2.80. The van der Waals surface area contributed by atoms with Crippen molar-refractivity contribution in [1.82, 2.24) is 10.3 Å². The van der Waals surface area contributed by atoms with E-state index in [1.165, 1.54) is 0 Å². The highest BCUT2D eigenvalue weighted by atomic mass is 16.5. The zero-order valence-electron chi connectivity index (χ0n) is 12.8. The summed E-state index contributed by atoms with van der Waals surface area (Å²) in [6.45, 7) is 3.73. The molecule has 2 aromatic rings. The molecule has 0 aliphatic carbocycles. The number of para-hydroxylation sites is 1. The molecule has 1 fully saturated rings. The van der Waals surface area contributed by atoms with E-state index in [1.54, 1.807) is 0 Å². The Morgan fingerprint density at radius 1 is 1.05 bits per heavy atom. The lowest BCUT2D eigenvalue weighted by atomic mass is 10.1. The molecule has 1 aromatic carbocycles. The minimum Gasteiger partial charge on any atom is -0.492 e. The lowest BCUT2D eigenvalue weighted by Gasteiger charge is -2.33. The summed E-state index contributed by atoms with van der Waals surface area (Å²) in [5, 5.41) is 3.59. The van der Waals surface area contributed by atoms with Crippen molar-refractivity contribution >= 4 is 5.82 Å². The van der Waals surface area contributed by atoms with Crippen LogP contribution in [0.3, 0.4) is 0 Å². The Labute approximate surface area is 132 Å². The van der Waals surface area contributed by atoms with Gasteiger partial charge >= 0.3 is 0 Å². The summed E-state index contributed by atoms with van der Waals surface area (Å²) in [4.78, 5) is 6.78. The van der Waals surface area contributed by atoms with Crippen molar-refractivity contribution in [2.24, 2.45) is 0 Å². The molecular weight excluding hydrogens is 274 g/mol. The first-order chi connectivity index (χ1) is 10.9. The topological polar surface area (TPSA) is 37.4 Å². The fourth-order valence-corrected chi connectivity index (χ4v) is 2.80. The van der Waals surface area contributed by atoms with Gasteiger partial charge in [0.1, 0.15) is 18.2 Å². The van der Waals surface area contributed by atoms with Crippen LogP contribution in [0.4, 0.5) is 5.82 Å². The van der Waals surface area contributed by atoms with Crippen LogP contribution in [-0.4, -0.2) is 37.3 Å². The summed E-state index contributed by atoms with van der Waals surface area (Å²) in [7, 11) is 0. The van der Waals surface area contributed by atoms with E-state index in [1.807, 2.05) is 48.7 Å². The first-order valence-corrected chi connectivity index (χ1v) is 7.99. The van der Waals surface area contributed by atoms with Crippen molar-refractivity contribution in [3.05, 3.63) is 54.7 Å². The van der Waals surface area contributed by atoms with E-state index in [4.69, 9.17) is 4.74 Å². The summed E-state index contributed by atoms with van der Waals surface area (Å²) in [6.07, 6.45) is 4.17. The Kier molecular flexibility index (Phi) is 5.27. The number of nitrogens with zero attached hydrogens (tertiary/aromatic N) is 2. The van der Waals surface area contributed by atoms with Gasteiger partial charge in [-0.05, 0) is 37.1 Å². The SMILES string of the molecule is c1ccc(OCCNC2CCN(c3ccccn3)CC2)cc1. The number of hydrogen-bond donors (Lipinski definition) is 1. The lowest BCUT2D eigenvalue weighted by molar-refractivity contribution is 0.296. The van der Waals surface area contributed by atoms with Crippen LogP contribution in [-0.2, 0) is 0 Å². The molecule has 1 aromatic heterocycles. The summed E-state index contributed by atoms with van der Waals surface area (Å²) in [6, 6.07) is 16.7. The van der Waals surface area contributed by atoms with Crippen LogP contribution in [0.2, 0.25) is 0 Å². The minimum atomic E-state index is 0.583. The molecule has 116 valence electrons. The second-order valence-corrected chi connectivity index (χ2v) is 5.56. The molecule has 0 bridgehead atoms. The fraction of sp³-hybridized carbons (Fsp3) is 0.389. The number of benzene rings is 1. The van der Waals surface area contributed by atoms with Gasteiger partial charge in [-0.25, -0.2) is 4.98 Å². The lowest BCUT2D eigenvalue weighted by Crippen LogP contribution is -2.43. The van der Waals surface area contributed by atoms with Gasteiger partial charge in [0.15, 0.2) is 0 Å². The molecule has 0 unspecified atom stereocenters. The number of hydrogen-bond acceptors (Lipinski definition) is 4. The van der Waals surface area contributed by atoms with Gasteiger partial charge in [-0.3, -0.25) is 0 Å². The second-order valence-electron chi connectivity index (χ2n) is 5.56. The smallest absolute Gasteiger partial charge is 0.128 e. The van der Waals surface area contributed by atoms with Crippen molar-refractivity contribution in [2.75, 3.05) is 31.1 Å². The largest absolute Gasteiger partial charge is 0.492 e. The maximum absolute atomic E-state index is 5.70. The summed E-state index contributed by atoms with van der Waals surface area (Å²) < 4.78 is 5.70. The van der Waals surface area contributed by atoms with Crippen molar-refractivity contribution in [3.8, 4) is 5.75 Å². The zero-order valence-corrected chi connectivity index (χ0v) is 12.8. The monoisotopic (exact) mass is 297 g/mol. The van der Waals surface area contributed by atoms with Gasteiger partial charge in [0, 0.05) is 31.9 Å². The molecule has 1 aliphatic rings. The number of nitrogens with one attached hydrogen (secondary N) is 1. The Balaban J connectivity index is 1.34. The maximum atomic E-state index is 5.70. The van der Waals surface area contributed by atoms with Gasteiger partial charge in [0.25, 0.3) is 0 Å². The summed E-state index contributed by atoms with van der Waals surface area (Å²) in [5.41, 5.74) is 0. The molecule has 0 amide bonds. The van der Waals surface area contributed by atoms with Gasteiger partial charge in [-0.1, -0.05) is 24.3 Å². The first-order valence-electron chi connectivity index (χ1n) is 7.99. The average Bonchev–Trinajstić information content (AvgIpc) is 2.61. The molecule has 4 heteroatoms. The molecule has 0 saturated carbocycles. The highest BCUT2D eigenvalue weighted by Crippen LogP contribution is 2.17. The van der Waals surface area contributed by atoms with E-state index in [0.717, 1.165) is 44.0 Å². The Morgan fingerprint density at radius 3 is 2.55 bits per heavy atom. The predicted molar refractivity (Wildman–Crippen MR) is 89.4 cm³/mol. The van der Waals surface area contributed by atoms with Gasteiger partial charge in [0.2, 0.25) is 0 Å². The summed E-state index contributed by atoms with van der Waals surface area (Å²) in [5.74, 6) is 2.03. The third kappa shape index (κ3) is 4.21. The quantitative estimate of drug-likeness (QED) is 0.832. The van der Waals surface area contributed by atoms with Crippen LogP contribution in [0, 0.1) is 0 Å². The molecule has 1 N–H and O–H groups in total. The van der Waals surface area contributed by atoms with Gasteiger partial charge in [-0.2, -0.15) is 0 Å². The van der Waals surface area contributed by atoms with E-state index in [0.29, 0.717) is 12.6 Å². The van der Waals surface area contributed by atoms with Crippen molar-refractivity contribution < 1.29 is 4.74 Å². The van der Waals surface area contributed by atoms with Crippen LogP contribution < -0.4 is 15.0 Å². The normalized spacial score (nSPS) is 15.7. The van der Waals surface area contributed by atoms with Crippen molar-refractivity contribution in [3.63, 3.8) is 0 Å². The number of ether oxygens (including phenoxy) is 1. The Morgan fingerprint density at radius 2 is 1.82 bits per heavy atom. The van der Waals surface area contributed by atoms with Crippen LogP contribution in [0.1, 0.15) is 12.8 Å². The third-order valence-corrected chi connectivity index (χ3v) is 4.02. The first kappa shape index (κ1) is 14.9. The van der Waals surface area contributed by atoms with Crippen LogP contribution in [0.5, 0.6) is 5.75 Å². The number of pyridine rings is 1. The second kappa shape index (κ2) is 7.80. The zero-order chi connectivity index (χ0) is 15.0. The van der Waals surface area contributed by atoms with E-state index in [-0.39, 0.29) is 0 Å². The summed E-state index contributed by atoms with van der Waals surface area (Å²) >= 11 is 0. The highest BCUT2D eigenvalue weighted by Gasteiger charge is 2.19. The number of rotatable bonds is 6. The number of piperidine rings is 1. The molecule has 1 aliphatic heterocycles. The van der Waals surface area contributed by atoms with Gasteiger partial charge in [0.05, 0.1) is 0 Å². The molecule has 0 atom stereocenters.